The molecule has 2 rings (SSSR count). The van der Waals surface area contributed by atoms with Crippen LogP contribution in [-0.4, -0.2) is 24.5 Å². The maximum absolute atomic E-state index is 12.8. The highest BCUT2D eigenvalue weighted by atomic mass is 32.2. The molecule has 1 aromatic heterocycles. The second-order valence-electron chi connectivity index (χ2n) is 4.36. The Balaban J connectivity index is 2.53. The molecule has 0 spiro atoms. The summed E-state index contributed by atoms with van der Waals surface area (Å²) in [5, 5.41) is 3.40. The number of benzene rings is 1. The van der Waals surface area contributed by atoms with E-state index >= 15 is 0 Å². The van der Waals surface area contributed by atoms with Gasteiger partial charge < -0.3 is 0 Å². The molecule has 0 bridgehead atoms. The Hall–Kier alpha value is -1.83. The largest absolute Gasteiger partial charge is 0.435 e. The van der Waals surface area contributed by atoms with Gasteiger partial charge >= 0.3 is 6.18 Å². The fourth-order valence-electron chi connectivity index (χ4n) is 1.79. The first-order chi connectivity index (χ1) is 9.09. The third kappa shape index (κ3) is 2.84. The highest BCUT2D eigenvalue weighted by Gasteiger charge is 2.37. The van der Waals surface area contributed by atoms with Gasteiger partial charge in [-0.25, -0.2) is 8.42 Å². The number of aromatic nitrogens is 2. The molecule has 0 aliphatic heterocycles. The summed E-state index contributed by atoms with van der Waals surface area (Å²) < 4.78 is 62.2. The molecule has 1 aromatic carbocycles. The van der Waals surface area contributed by atoms with E-state index in [0.717, 1.165) is 10.9 Å². The van der Waals surface area contributed by atoms with Crippen LogP contribution >= 0.6 is 0 Å². The van der Waals surface area contributed by atoms with E-state index in [-0.39, 0.29) is 16.0 Å². The molecule has 0 saturated heterocycles. The maximum Gasteiger partial charge on any atom is 0.435 e. The van der Waals surface area contributed by atoms with Gasteiger partial charge in [0.15, 0.2) is 15.5 Å². The van der Waals surface area contributed by atoms with Gasteiger partial charge in [0.1, 0.15) is 0 Å². The number of sulfone groups is 1. The lowest BCUT2D eigenvalue weighted by atomic mass is 10.1. The van der Waals surface area contributed by atoms with E-state index in [1.54, 1.807) is 0 Å². The minimum atomic E-state index is -4.56. The van der Waals surface area contributed by atoms with Crippen LogP contribution in [0, 0.1) is 0 Å². The van der Waals surface area contributed by atoms with Crippen molar-refractivity contribution in [3.05, 3.63) is 36.2 Å². The standard InChI is InChI=1S/C12H11F3N2O2S/c1-17-7-10(11(16-17)12(13,14)15)8-3-5-9(6-4-8)20(2,18)19/h3-7H,1-2H3. The molecule has 0 aliphatic rings. The second-order valence-corrected chi connectivity index (χ2v) is 6.38. The van der Waals surface area contributed by atoms with Crippen LogP contribution in [-0.2, 0) is 23.1 Å². The van der Waals surface area contributed by atoms with E-state index in [1.165, 1.54) is 37.5 Å². The van der Waals surface area contributed by atoms with Crippen LogP contribution in [0.2, 0.25) is 0 Å². The number of hydrogen-bond acceptors (Lipinski definition) is 3. The average molecular weight is 304 g/mol. The smallest absolute Gasteiger partial charge is 0.275 e. The predicted octanol–water partition coefficient (Wildman–Crippen LogP) is 2.51. The summed E-state index contributed by atoms with van der Waals surface area (Å²) in [7, 11) is -1.99. The highest BCUT2D eigenvalue weighted by Crippen LogP contribution is 2.36. The fourth-order valence-corrected chi connectivity index (χ4v) is 2.42. The minimum Gasteiger partial charge on any atom is -0.275 e. The number of alkyl halides is 3. The molecule has 0 radical (unpaired) electrons. The fraction of sp³-hybridized carbons (Fsp3) is 0.250. The third-order valence-corrected chi connectivity index (χ3v) is 3.82. The molecular weight excluding hydrogens is 293 g/mol. The van der Waals surface area contributed by atoms with Crippen molar-refractivity contribution in [1.29, 1.82) is 0 Å². The van der Waals surface area contributed by atoms with E-state index in [0.29, 0.717) is 0 Å². The molecule has 4 nitrogen and oxygen atoms in total. The first-order valence-corrected chi connectivity index (χ1v) is 7.39. The molecule has 0 fully saturated rings. The van der Waals surface area contributed by atoms with Crippen molar-refractivity contribution in [2.75, 3.05) is 6.26 Å². The Morgan fingerprint density at radius 3 is 2.15 bits per heavy atom. The molecular formula is C12H11F3N2O2S. The third-order valence-electron chi connectivity index (χ3n) is 2.69. The van der Waals surface area contributed by atoms with Crippen LogP contribution in [0.4, 0.5) is 13.2 Å². The van der Waals surface area contributed by atoms with Gasteiger partial charge in [0.25, 0.3) is 0 Å². The van der Waals surface area contributed by atoms with Gasteiger partial charge in [0, 0.05) is 25.1 Å². The molecule has 108 valence electrons. The zero-order chi connectivity index (χ0) is 15.1. The zero-order valence-electron chi connectivity index (χ0n) is 10.6. The first kappa shape index (κ1) is 14.6. The van der Waals surface area contributed by atoms with Gasteiger partial charge in [-0.3, -0.25) is 4.68 Å². The van der Waals surface area contributed by atoms with Gasteiger partial charge in [0.05, 0.1) is 4.90 Å². The minimum absolute atomic E-state index is 0.0544. The number of halogens is 3. The summed E-state index contributed by atoms with van der Waals surface area (Å²) >= 11 is 0. The van der Waals surface area contributed by atoms with Crippen LogP contribution in [0.3, 0.4) is 0 Å². The average Bonchev–Trinajstić information content (AvgIpc) is 2.70. The molecule has 8 heteroatoms. The molecule has 2 aromatic rings. The maximum atomic E-state index is 12.8. The monoisotopic (exact) mass is 304 g/mol. The summed E-state index contributed by atoms with van der Waals surface area (Å²) in [6, 6.07) is 5.22. The predicted molar refractivity (Wildman–Crippen MR) is 66.8 cm³/mol. The first-order valence-electron chi connectivity index (χ1n) is 5.50. The van der Waals surface area contributed by atoms with Crippen molar-refractivity contribution >= 4 is 9.84 Å². The molecule has 20 heavy (non-hydrogen) atoms. The van der Waals surface area contributed by atoms with Crippen molar-refractivity contribution in [3.63, 3.8) is 0 Å². The highest BCUT2D eigenvalue weighted by molar-refractivity contribution is 7.90. The quantitative estimate of drug-likeness (QED) is 0.856. The van der Waals surface area contributed by atoms with Crippen molar-refractivity contribution in [2.45, 2.75) is 11.1 Å². The van der Waals surface area contributed by atoms with Crippen molar-refractivity contribution in [2.24, 2.45) is 7.05 Å². The molecule has 0 unspecified atom stereocenters. The van der Waals surface area contributed by atoms with E-state index in [9.17, 15) is 21.6 Å². The van der Waals surface area contributed by atoms with Crippen molar-refractivity contribution in [1.82, 2.24) is 9.78 Å². The number of hydrogen-bond donors (Lipinski definition) is 0. The van der Waals surface area contributed by atoms with E-state index < -0.39 is 21.7 Å². The lowest BCUT2D eigenvalue weighted by Gasteiger charge is -2.06. The van der Waals surface area contributed by atoms with Crippen LogP contribution in [0.25, 0.3) is 11.1 Å². The number of rotatable bonds is 2. The van der Waals surface area contributed by atoms with Crippen LogP contribution in [0.1, 0.15) is 5.69 Å². The molecule has 0 N–H and O–H groups in total. The van der Waals surface area contributed by atoms with Crippen LogP contribution in [0.15, 0.2) is 35.4 Å². The van der Waals surface area contributed by atoms with Gasteiger partial charge in [0.2, 0.25) is 0 Å². The Bertz CT molecular complexity index is 731. The topological polar surface area (TPSA) is 52.0 Å². The lowest BCUT2D eigenvalue weighted by molar-refractivity contribution is -0.140. The van der Waals surface area contributed by atoms with Crippen molar-refractivity contribution in [3.8, 4) is 11.1 Å². The Morgan fingerprint density at radius 2 is 1.70 bits per heavy atom. The lowest BCUT2D eigenvalue weighted by Crippen LogP contribution is -2.08. The molecule has 1 heterocycles. The number of aryl methyl sites for hydroxylation is 1. The SMILES string of the molecule is Cn1cc(-c2ccc(S(C)(=O)=O)cc2)c(C(F)(F)F)n1. The van der Waals surface area contributed by atoms with Gasteiger partial charge in [-0.05, 0) is 17.7 Å². The molecule has 0 saturated carbocycles. The summed E-state index contributed by atoms with van der Waals surface area (Å²) in [4.78, 5) is 0.0544. The number of nitrogens with zero attached hydrogens (tertiary/aromatic N) is 2. The molecule has 0 amide bonds. The normalized spacial score (nSPS) is 12.7. The van der Waals surface area contributed by atoms with Crippen LogP contribution in [0.5, 0.6) is 0 Å². The zero-order valence-corrected chi connectivity index (χ0v) is 11.5. The molecule has 0 atom stereocenters. The van der Waals surface area contributed by atoms with Gasteiger partial charge in [-0.15, -0.1) is 0 Å². The van der Waals surface area contributed by atoms with E-state index in [1.807, 2.05) is 0 Å². The second kappa shape index (κ2) is 4.62. The molecule has 0 aliphatic carbocycles. The Kier molecular flexibility index (Phi) is 3.37. The summed E-state index contributed by atoms with van der Waals surface area (Å²) in [6.07, 6.45) is -2.28. The summed E-state index contributed by atoms with van der Waals surface area (Å²) in [5.41, 5.74) is -0.815. The van der Waals surface area contributed by atoms with Gasteiger partial charge in [-0.1, -0.05) is 12.1 Å². The summed E-state index contributed by atoms with van der Waals surface area (Å²) in [5.74, 6) is 0. The van der Waals surface area contributed by atoms with Crippen molar-refractivity contribution < 1.29 is 21.6 Å². The van der Waals surface area contributed by atoms with E-state index in [2.05, 4.69) is 5.10 Å². The Labute approximate surface area is 113 Å². The Morgan fingerprint density at radius 1 is 1.15 bits per heavy atom. The summed E-state index contributed by atoms with van der Waals surface area (Å²) in [6.45, 7) is 0. The van der Waals surface area contributed by atoms with E-state index in [4.69, 9.17) is 0 Å². The van der Waals surface area contributed by atoms with Crippen LogP contribution < -0.4 is 0 Å². The van der Waals surface area contributed by atoms with Gasteiger partial charge in [-0.2, -0.15) is 18.3 Å².